The van der Waals surface area contributed by atoms with Gasteiger partial charge in [-0.25, -0.2) is 0 Å². The van der Waals surface area contributed by atoms with Gasteiger partial charge in [-0.15, -0.1) is 0 Å². The fourth-order valence-corrected chi connectivity index (χ4v) is 1.19. The molecule has 0 saturated carbocycles. The molecule has 0 rings (SSSR count). The first kappa shape index (κ1) is 15.9. The van der Waals surface area contributed by atoms with Gasteiger partial charge in [-0.3, -0.25) is 9.59 Å². The van der Waals surface area contributed by atoms with Crippen LogP contribution in [-0.2, 0) is 9.59 Å². The molecule has 0 bridgehead atoms. The zero-order chi connectivity index (χ0) is 13.3. The third-order valence-corrected chi connectivity index (χ3v) is 2.48. The van der Waals surface area contributed by atoms with Gasteiger partial charge >= 0.3 is 0 Å². The first-order valence-corrected chi connectivity index (χ1v) is 6.19. The molecule has 0 spiro atoms. The molecule has 0 aliphatic heterocycles. The van der Waals surface area contributed by atoms with E-state index >= 15 is 0 Å². The third-order valence-electron chi connectivity index (χ3n) is 2.48. The highest BCUT2D eigenvalue weighted by molar-refractivity contribution is 5.79. The molecule has 100 valence electrons. The van der Waals surface area contributed by atoms with Crippen molar-refractivity contribution in [3.63, 3.8) is 0 Å². The molecule has 0 aromatic heterocycles. The maximum Gasteiger partial charge on any atom is 0.221 e. The Hall–Kier alpha value is -1.10. The molecule has 0 aliphatic rings. The summed E-state index contributed by atoms with van der Waals surface area (Å²) in [5, 5.41) is 14.5. The van der Waals surface area contributed by atoms with Gasteiger partial charge in [-0.2, -0.15) is 0 Å². The topological polar surface area (TPSA) is 78.4 Å². The van der Waals surface area contributed by atoms with E-state index in [9.17, 15) is 9.59 Å². The number of hydrogen-bond donors (Lipinski definition) is 3. The summed E-state index contributed by atoms with van der Waals surface area (Å²) >= 11 is 0. The van der Waals surface area contributed by atoms with Crippen LogP contribution in [0.3, 0.4) is 0 Å². The SMILES string of the molecule is CCC(C)NC(=O)CCNC(=O)CCC(C)O. The maximum absolute atomic E-state index is 11.4. The quantitative estimate of drug-likeness (QED) is 0.584. The lowest BCUT2D eigenvalue weighted by molar-refractivity contribution is -0.122. The van der Waals surface area contributed by atoms with Gasteiger partial charge in [0, 0.05) is 25.4 Å². The molecule has 0 aromatic rings. The Bertz CT molecular complexity index is 242. The monoisotopic (exact) mass is 244 g/mol. The van der Waals surface area contributed by atoms with E-state index < -0.39 is 6.10 Å². The molecule has 0 radical (unpaired) electrons. The summed E-state index contributed by atoms with van der Waals surface area (Å²) in [7, 11) is 0. The van der Waals surface area contributed by atoms with Gasteiger partial charge < -0.3 is 15.7 Å². The van der Waals surface area contributed by atoms with Crippen molar-refractivity contribution in [3.8, 4) is 0 Å². The first-order valence-electron chi connectivity index (χ1n) is 6.19. The van der Waals surface area contributed by atoms with Gasteiger partial charge in [0.25, 0.3) is 0 Å². The van der Waals surface area contributed by atoms with Crippen molar-refractivity contribution >= 4 is 11.8 Å². The predicted molar refractivity (Wildman–Crippen MR) is 66.4 cm³/mol. The first-order chi connectivity index (χ1) is 7.95. The van der Waals surface area contributed by atoms with Crippen molar-refractivity contribution in [2.45, 2.75) is 58.6 Å². The Kier molecular flexibility index (Phi) is 8.40. The zero-order valence-electron chi connectivity index (χ0n) is 11.0. The summed E-state index contributed by atoms with van der Waals surface area (Å²) in [5.41, 5.74) is 0. The van der Waals surface area contributed by atoms with Crippen molar-refractivity contribution in [3.05, 3.63) is 0 Å². The zero-order valence-corrected chi connectivity index (χ0v) is 11.0. The van der Waals surface area contributed by atoms with Crippen molar-refractivity contribution in [2.24, 2.45) is 0 Å². The fourth-order valence-electron chi connectivity index (χ4n) is 1.19. The molecule has 3 N–H and O–H groups in total. The standard InChI is InChI=1S/C12H24N2O3/c1-4-9(2)14-12(17)7-8-13-11(16)6-5-10(3)15/h9-10,15H,4-8H2,1-3H3,(H,13,16)(H,14,17). The lowest BCUT2D eigenvalue weighted by atomic mass is 10.2. The minimum absolute atomic E-state index is 0.0461. The predicted octanol–water partition coefficient (Wildman–Crippen LogP) is 0.568. The van der Waals surface area contributed by atoms with Crippen molar-refractivity contribution in [1.29, 1.82) is 0 Å². The van der Waals surface area contributed by atoms with Crippen LogP contribution in [0.5, 0.6) is 0 Å². The van der Waals surface area contributed by atoms with Crippen LogP contribution < -0.4 is 10.6 Å². The minimum Gasteiger partial charge on any atom is -0.393 e. The van der Waals surface area contributed by atoms with E-state index in [1.807, 2.05) is 13.8 Å². The van der Waals surface area contributed by atoms with E-state index in [2.05, 4.69) is 10.6 Å². The number of aliphatic hydroxyl groups is 1. The van der Waals surface area contributed by atoms with Crippen LogP contribution in [0.4, 0.5) is 0 Å². The van der Waals surface area contributed by atoms with E-state index in [0.717, 1.165) is 6.42 Å². The molecule has 2 unspecified atom stereocenters. The van der Waals surface area contributed by atoms with Crippen LogP contribution in [0.1, 0.15) is 46.5 Å². The van der Waals surface area contributed by atoms with Crippen LogP contribution in [-0.4, -0.2) is 35.6 Å². The van der Waals surface area contributed by atoms with Gasteiger partial charge in [0.15, 0.2) is 0 Å². The second-order valence-corrected chi connectivity index (χ2v) is 4.36. The summed E-state index contributed by atoms with van der Waals surface area (Å²) in [5.74, 6) is -0.169. The van der Waals surface area contributed by atoms with Gasteiger partial charge in [-0.05, 0) is 26.7 Å². The van der Waals surface area contributed by atoms with Gasteiger partial charge in [0.05, 0.1) is 6.10 Å². The van der Waals surface area contributed by atoms with Gasteiger partial charge in [-0.1, -0.05) is 6.92 Å². The molecule has 0 saturated heterocycles. The minimum atomic E-state index is -0.463. The molecule has 2 amide bonds. The molecule has 5 nitrogen and oxygen atoms in total. The van der Waals surface area contributed by atoms with E-state index in [1.54, 1.807) is 6.92 Å². The fraction of sp³-hybridized carbons (Fsp3) is 0.833. The lowest BCUT2D eigenvalue weighted by Gasteiger charge is -2.11. The van der Waals surface area contributed by atoms with Gasteiger partial charge in [0.1, 0.15) is 0 Å². The normalized spacial score (nSPS) is 13.9. The average molecular weight is 244 g/mol. The number of amides is 2. The highest BCUT2D eigenvalue weighted by atomic mass is 16.3. The second kappa shape index (κ2) is 8.98. The lowest BCUT2D eigenvalue weighted by Crippen LogP contribution is -2.35. The number of rotatable bonds is 8. The molecule has 17 heavy (non-hydrogen) atoms. The maximum atomic E-state index is 11.4. The molecular weight excluding hydrogens is 220 g/mol. The van der Waals surface area contributed by atoms with Crippen molar-refractivity contribution < 1.29 is 14.7 Å². The Labute approximate surface area is 103 Å². The number of aliphatic hydroxyl groups excluding tert-OH is 1. The largest absolute Gasteiger partial charge is 0.393 e. The highest BCUT2D eigenvalue weighted by Gasteiger charge is 2.07. The summed E-state index contributed by atoms with van der Waals surface area (Å²) in [4.78, 5) is 22.6. The highest BCUT2D eigenvalue weighted by Crippen LogP contribution is 1.95. The molecule has 0 aliphatic carbocycles. The molecule has 0 heterocycles. The van der Waals surface area contributed by atoms with E-state index in [1.165, 1.54) is 0 Å². The van der Waals surface area contributed by atoms with Gasteiger partial charge in [0.2, 0.25) is 11.8 Å². The number of hydrogen-bond acceptors (Lipinski definition) is 3. The third kappa shape index (κ3) is 9.81. The number of carbonyl (C=O) groups excluding carboxylic acids is 2. The summed E-state index contributed by atoms with van der Waals surface area (Å²) < 4.78 is 0. The summed E-state index contributed by atoms with van der Waals surface area (Å²) in [6.45, 7) is 5.94. The van der Waals surface area contributed by atoms with Crippen LogP contribution in [0.2, 0.25) is 0 Å². The Morgan fingerprint density at radius 3 is 2.35 bits per heavy atom. The molecule has 2 atom stereocenters. The van der Waals surface area contributed by atoms with Crippen LogP contribution >= 0.6 is 0 Å². The molecule has 5 heteroatoms. The van der Waals surface area contributed by atoms with Crippen LogP contribution in [0.25, 0.3) is 0 Å². The van der Waals surface area contributed by atoms with Crippen molar-refractivity contribution in [1.82, 2.24) is 10.6 Å². The molecular formula is C12H24N2O3. The number of nitrogens with one attached hydrogen (secondary N) is 2. The van der Waals surface area contributed by atoms with Crippen LogP contribution in [0.15, 0.2) is 0 Å². The summed E-state index contributed by atoms with van der Waals surface area (Å²) in [6, 6.07) is 0.174. The average Bonchev–Trinajstić information content (AvgIpc) is 2.26. The van der Waals surface area contributed by atoms with E-state index in [-0.39, 0.29) is 17.9 Å². The molecule has 0 fully saturated rings. The van der Waals surface area contributed by atoms with Crippen molar-refractivity contribution in [2.75, 3.05) is 6.54 Å². The molecule has 0 aromatic carbocycles. The Morgan fingerprint density at radius 1 is 1.18 bits per heavy atom. The summed E-state index contributed by atoms with van der Waals surface area (Å²) in [6.07, 6.45) is 1.47. The smallest absolute Gasteiger partial charge is 0.221 e. The van der Waals surface area contributed by atoms with Crippen LogP contribution in [0, 0.1) is 0 Å². The van der Waals surface area contributed by atoms with E-state index in [0.29, 0.717) is 25.8 Å². The second-order valence-electron chi connectivity index (χ2n) is 4.36. The van der Waals surface area contributed by atoms with E-state index in [4.69, 9.17) is 5.11 Å². The Morgan fingerprint density at radius 2 is 1.82 bits per heavy atom. The Balaban J connectivity index is 3.55. The number of carbonyl (C=O) groups is 2.